The minimum atomic E-state index is -0.219. The van der Waals surface area contributed by atoms with Gasteiger partial charge in [-0.15, -0.1) is 0 Å². The van der Waals surface area contributed by atoms with Crippen LogP contribution in [0.3, 0.4) is 0 Å². The van der Waals surface area contributed by atoms with Gasteiger partial charge in [0.15, 0.2) is 0 Å². The van der Waals surface area contributed by atoms with Gasteiger partial charge >= 0.3 is 0 Å². The van der Waals surface area contributed by atoms with E-state index in [4.69, 9.17) is 4.74 Å². The molecule has 1 N–H and O–H groups in total. The molecule has 1 saturated heterocycles. The van der Waals surface area contributed by atoms with Crippen LogP contribution in [0.25, 0.3) is 0 Å². The molecule has 0 spiro atoms. The molecule has 0 saturated carbocycles. The van der Waals surface area contributed by atoms with Crippen molar-refractivity contribution < 1.29 is 9.53 Å². The Morgan fingerprint density at radius 2 is 1.85 bits per heavy atom. The highest BCUT2D eigenvalue weighted by Crippen LogP contribution is 2.26. The number of piperidine rings is 1. The highest BCUT2D eigenvalue weighted by atomic mass is 16.5. The van der Waals surface area contributed by atoms with E-state index in [2.05, 4.69) is 22.3 Å². The van der Waals surface area contributed by atoms with E-state index in [0.29, 0.717) is 12.1 Å². The van der Waals surface area contributed by atoms with E-state index in [1.165, 1.54) is 29.9 Å². The third-order valence-corrected chi connectivity index (χ3v) is 5.15. The number of hydrogen-bond donors (Lipinski definition) is 1. The first-order valence-electron chi connectivity index (χ1n) is 9.41. The first kappa shape index (κ1) is 19.2. The number of likely N-dealkylation sites (tertiary alicyclic amines) is 1. The van der Waals surface area contributed by atoms with Gasteiger partial charge in [0.2, 0.25) is 0 Å². The number of carbonyl (C=O) groups excluding carboxylic acids is 1. The standard InChI is InChI=1S/C21H27N3O3/c1-23-13-10-17(14-20(23)25)21(26)22-15-19(24-11-4-3-5-12-24)16-6-8-18(27-2)9-7-16/h6-10,13-14,19H,3-5,11-12,15H2,1-2H3,(H,22,26). The number of nitrogens with zero attached hydrogens (tertiary/aromatic N) is 2. The second-order valence-electron chi connectivity index (χ2n) is 6.96. The van der Waals surface area contributed by atoms with Gasteiger partial charge in [-0.1, -0.05) is 18.6 Å². The molecule has 1 unspecified atom stereocenters. The molecule has 1 fully saturated rings. The molecule has 1 aliphatic heterocycles. The average molecular weight is 369 g/mol. The Morgan fingerprint density at radius 3 is 2.48 bits per heavy atom. The summed E-state index contributed by atoms with van der Waals surface area (Å²) in [6, 6.07) is 11.2. The van der Waals surface area contributed by atoms with Gasteiger partial charge in [0.1, 0.15) is 5.75 Å². The molecule has 1 atom stereocenters. The molecule has 27 heavy (non-hydrogen) atoms. The first-order chi connectivity index (χ1) is 13.1. The number of aryl methyl sites for hydroxylation is 1. The number of benzene rings is 1. The quantitative estimate of drug-likeness (QED) is 0.849. The summed E-state index contributed by atoms with van der Waals surface area (Å²) in [5, 5.41) is 3.01. The summed E-state index contributed by atoms with van der Waals surface area (Å²) in [7, 11) is 3.32. The maximum Gasteiger partial charge on any atom is 0.251 e. The van der Waals surface area contributed by atoms with Crippen LogP contribution < -0.4 is 15.6 Å². The summed E-state index contributed by atoms with van der Waals surface area (Å²) in [6.07, 6.45) is 5.22. The summed E-state index contributed by atoms with van der Waals surface area (Å²) >= 11 is 0. The topological polar surface area (TPSA) is 63.6 Å². The Hall–Kier alpha value is -2.60. The molecular formula is C21H27N3O3. The molecule has 6 nitrogen and oxygen atoms in total. The Bertz CT molecular complexity index is 823. The van der Waals surface area contributed by atoms with Gasteiger partial charge in [-0.05, 0) is 49.7 Å². The third-order valence-electron chi connectivity index (χ3n) is 5.15. The number of ether oxygens (including phenoxy) is 1. The minimum absolute atomic E-state index is 0.103. The SMILES string of the molecule is COc1ccc(C(CNC(=O)c2ccn(C)c(=O)c2)N2CCCCC2)cc1. The molecule has 0 bridgehead atoms. The van der Waals surface area contributed by atoms with E-state index in [0.717, 1.165) is 24.4 Å². The van der Waals surface area contributed by atoms with Crippen molar-refractivity contribution in [2.24, 2.45) is 7.05 Å². The van der Waals surface area contributed by atoms with E-state index in [1.54, 1.807) is 26.4 Å². The Kier molecular flexibility index (Phi) is 6.29. The van der Waals surface area contributed by atoms with Crippen molar-refractivity contribution in [3.63, 3.8) is 0 Å². The molecule has 0 aliphatic carbocycles. The molecule has 2 heterocycles. The molecule has 144 valence electrons. The van der Waals surface area contributed by atoms with Crippen molar-refractivity contribution in [2.45, 2.75) is 25.3 Å². The second-order valence-corrected chi connectivity index (χ2v) is 6.96. The summed E-state index contributed by atoms with van der Waals surface area (Å²) in [5.41, 5.74) is 1.36. The number of aromatic nitrogens is 1. The minimum Gasteiger partial charge on any atom is -0.497 e. The second kappa shape index (κ2) is 8.86. The lowest BCUT2D eigenvalue weighted by Gasteiger charge is -2.35. The molecule has 1 aromatic carbocycles. The van der Waals surface area contributed by atoms with E-state index in [-0.39, 0.29) is 17.5 Å². The van der Waals surface area contributed by atoms with Crippen LogP contribution in [0.5, 0.6) is 5.75 Å². The van der Waals surface area contributed by atoms with E-state index in [1.807, 2.05) is 12.1 Å². The number of pyridine rings is 1. The summed E-state index contributed by atoms with van der Waals surface area (Å²) in [4.78, 5) is 26.7. The smallest absolute Gasteiger partial charge is 0.251 e. The fraction of sp³-hybridized carbons (Fsp3) is 0.429. The number of carbonyl (C=O) groups is 1. The van der Waals surface area contributed by atoms with Gasteiger partial charge in [0.05, 0.1) is 13.2 Å². The highest BCUT2D eigenvalue weighted by molar-refractivity contribution is 5.94. The van der Waals surface area contributed by atoms with E-state index >= 15 is 0 Å². The number of hydrogen-bond acceptors (Lipinski definition) is 4. The van der Waals surface area contributed by atoms with Gasteiger partial charge in [-0.2, -0.15) is 0 Å². The predicted octanol–water partition coefficient (Wildman–Crippen LogP) is 2.35. The van der Waals surface area contributed by atoms with E-state index in [9.17, 15) is 9.59 Å². The largest absolute Gasteiger partial charge is 0.497 e. The lowest BCUT2D eigenvalue weighted by atomic mass is 10.0. The Labute approximate surface area is 159 Å². The van der Waals surface area contributed by atoms with Crippen molar-refractivity contribution in [3.8, 4) is 5.75 Å². The maximum absolute atomic E-state index is 12.5. The van der Waals surface area contributed by atoms with Crippen molar-refractivity contribution >= 4 is 5.91 Å². The fourth-order valence-electron chi connectivity index (χ4n) is 3.50. The molecule has 2 aromatic rings. The number of rotatable bonds is 6. The Balaban J connectivity index is 1.74. The number of methoxy groups -OCH3 is 1. The summed E-state index contributed by atoms with van der Waals surface area (Å²) < 4.78 is 6.71. The van der Waals surface area contributed by atoms with Crippen LogP contribution in [0.4, 0.5) is 0 Å². The number of nitrogens with one attached hydrogen (secondary N) is 1. The van der Waals surface area contributed by atoms with Crippen LogP contribution in [0.2, 0.25) is 0 Å². The molecular weight excluding hydrogens is 342 g/mol. The molecule has 1 aliphatic rings. The van der Waals surface area contributed by atoms with Gasteiger partial charge in [-0.3, -0.25) is 14.5 Å². The summed E-state index contributed by atoms with van der Waals surface area (Å²) in [6.45, 7) is 2.55. The molecule has 6 heteroatoms. The molecule has 1 amide bonds. The van der Waals surface area contributed by atoms with Gasteiger partial charge < -0.3 is 14.6 Å². The normalized spacial score (nSPS) is 15.9. The fourth-order valence-corrected chi connectivity index (χ4v) is 3.50. The van der Waals surface area contributed by atoms with Crippen LogP contribution in [-0.2, 0) is 7.05 Å². The van der Waals surface area contributed by atoms with Crippen LogP contribution >= 0.6 is 0 Å². The zero-order chi connectivity index (χ0) is 19.2. The van der Waals surface area contributed by atoms with Gasteiger partial charge in [-0.25, -0.2) is 0 Å². The lowest BCUT2D eigenvalue weighted by molar-refractivity contribution is 0.0924. The van der Waals surface area contributed by atoms with Crippen LogP contribution in [-0.4, -0.2) is 42.1 Å². The first-order valence-corrected chi connectivity index (χ1v) is 9.41. The van der Waals surface area contributed by atoms with E-state index < -0.39 is 0 Å². The third kappa shape index (κ3) is 4.77. The van der Waals surface area contributed by atoms with Crippen LogP contribution in [0.15, 0.2) is 47.4 Å². The molecule has 0 radical (unpaired) electrons. The van der Waals surface area contributed by atoms with Crippen molar-refractivity contribution in [2.75, 3.05) is 26.7 Å². The molecule has 1 aromatic heterocycles. The predicted molar refractivity (Wildman–Crippen MR) is 105 cm³/mol. The maximum atomic E-state index is 12.5. The van der Waals surface area contributed by atoms with Crippen LogP contribution in [0.1, 0.15) is 41.2 Å². The lowest BCUT2D eigenvalue weighted by Crippen LogP contribution is -2.40. The van der Waals surface area contributed by atoms with Crippen molar-refractivity contribution in [1.29, 1.82) is 0 Å². The summed E-state index contributed by atoms with van der Waals surface area (Å²) in [5.74, 6) is 0.600. The van der Waals surface area contributed by atoms with Crippen molar-refractivity contribution in [1.82, 2.24) is 14.8 Å². The molecule has 3 rings (SSSR count). The zero-order valence-corrected chi connectivity index (χ0v) is 16.0. The van der Waals surface area contributed by atoms with Crippen molar-refractivity contribution in [3.05, 3.63) is 64.1 Å². The van der Waals surface area contributed by atoms with Crippen LogP contribution in [0, 0.1) is 0 Å². The number of amides is 1. The average Bonchev–Trinajstić information content (AvgIpc) is 2.71. The zero-order valence-electron chi connectivity index (χ0n) is 16.0. The monoisotopic (exact) mass is 369 g/mol. The Morgan fingerprint density at radius 1 is 1.15 bits per heavy atom. The highest BCUT2D eigenvalue weighted by Gasteiger charge is 2.23. The van der Waals surface area contributed by atoms with Gasteiger partial charge in [0.25, 0.3) is 11.5 Å². The van der Waals surface area contributed by atoms with Gasteiger partial charge in [0, 0.05) is 31.4 Å².